The highest BCUT2D eigenvalue weighted by Crippen LogP contribution is 2.16. The molecular weight excluding hydrogens is 314 g/mol. The highest BCUT2D eigenvalue weighted by Gasteiger charge is 2.18. The summed E-state index contributed by atoms with van der Waals surface area (Å²) in [5.41, 5.74) is 0.600. The van der Waals surface area contributed by atoms with Gasteiger partial charge in [-0.1, -0.05) is 6.92 Å². The van der Waals surface area contributed by atoms with Gasteiger partial charge in [0.25, 0.3) is 0 Å². The second-order valence-corrected chi connectivity index (χ2v) is 7.65. The topological polar surface area (TPSA) is 78.5 Å². The number of nitrogens with one attached hydrogen (secondary N) is 2. The number of anilines is 1. The van der Waals surface area contributed by atoms with Crippen LogP contribution in [0.2, 0.25) is 0 Å². The fourth-order valence-corrected chi connectivity index (χ4v) is 3.76. The van der Waals surface area contributed by atoms with Gasteiger partial charge < -0.3 is 10.2 Å². The Morgan fingerprint density at radius 2 is 1.78 bits per heavy atom. The van der Waals surface area contributed by atoms with Crippen molar-refractivity contribution in [2.75, 3.05) is 18.4 Å². The van der Waals surface area contributed by atoms with Crippen molar-refractivity contribution in [3.05, 3.63) is 24.3 Å². The van der Waals surface area contributed by atoms with Crippen LogP contribution in [0, 0.1) is 0 Å². The van der Waals surface area contributed by atoms with E-state index in [0.717, 1.165) is 32.4 Å². The lowest BCUT2D eigenvalue weighted by Crippen LogP contribution is -2.38. The number of urea groups is 1. The highest BCUT2D eigenvalue weighted by atomic mass is 32.2. The van der Waals surface area contributed by atoms with Crippen LogP contribution in [0.1, 0.15) is 39.5 Å². The molecule has 0 spiro atoms. The van der Waals surface area contributed by atoms with Gasteiger partial charge in [0.15, 0.2) is 0 Å². The van der Waals surface area contributed by atoms with E-state index in [0.29, 0.717) is 5.69 Å². The zero-order valence-corrected chi connectivity index (χ0v) is 14.5. The predicted molar refractivity (Wildman–Crippen MR) is 91.0 cm³/mol. The van der Waals surface area contributed by atoms with Crippen molar-refractivity contribution in [1.29, 1.82) is 0 Å². The van der Waals surface area contributed by atoms with Crippen LogP contribution in [0.25, 0.3) is 0 Å². The van der Waals surface area contributed by atoms with E-state index in [1.165, 1.54) is 18.6 Å². The van der Waals surface area contributed by atoms with Gasteiger partial charge in [0.1, 0.15) is 0 Å². The summed E-state index contributed by atoms with van der Waals surface area (Å²) in [4.78, 5) is 14.1. The lowest BCUT2D eigenvalue weighted by atomic mass is 10.1. The third-order valence-corrected chi connectivity index (χ3v) is 5.63. The Labute approximate surface area is 138 Å². The molecule has 0 saturated carbocycles. The molecule has 1 atom stereocenters. The van der Waals surface area contributed by atoms with Gasteiger partial charge in [0.05, 0.1) is 4.90 Å². The summed E-state index contributed by atoms with van der Waals surface area (Å²) in [5.74, 6) is 0. The second-order valence-electron chi connectivity index (χ2n) is 5.93. The molecule has 1 aromatic carbocycles. The first-order chi connectivity index (χ1) is 10.9. The molecule has 1 heterocycles. The Kier molecular flexibility index (Phi) is 6.01. The van der Waals surface area contributed by atoms with Crippen LogP contribution in [-0.2, 0) is 10.0 Å². The van der Waals surface area contributed by atoms with E-state index < -0.39 is 10.0 Å². The van der Waals surface area contributed by atoms with Crippen LogP contribution in [-0.4, -0.2) is 38.5 Å². The Balaban J connectivity index is 2.00. The van der Waals surface area contributed by atoms with Gasteiger partial charge in [-0.15, -0.1) is 0 Å². The summed E-state index contributed by atoms with van der Waals surface area (Å²) in [6.07, 6.45) is 3.96. The van der Waals surface area contributed by atoms with Crippen LogP contribution >= 0.6 is 0 Å². The number of likely N-dealkylation sites (tertiary alicyclic amines) is 1. The zero-order chi connectivity index (χ0) is 16.9. The van der Waals surface area contributed by atoms with Gasteiger partial charge in [-0.2, -0.15) is 0 Å². The van der Waals surface area contributed by atoms with E-state index in [2.05, 4.69) is 10.0 Å². The Bertz CT molecular complexity index is 622. The molecule has 0 aliphatic carbocycles. The molecule has 0 radical (unpaired) electrons. The average Bonchev–Trinajstić information content (AvgIpc) is 2.55. The van der Waals surface area contributed by atoms with Gasteiger partial charge in [-0.25, -0.2) is 17.9 Å². The number of carbonyl (C=O) groups excluding carboxylic acids is 1. The molecule has 23 heavy (non-hydrogen) atoms. The van der Waals surface area contributed by atoms with E-state index in [1.54, 1.807) is 17.0 Å². The largest absolute Gasteiger partial charge is 0.325 e. The van der Waals surface area contributed by atoms with E-state index in [-0.39, 0.29) is 17.0 Å². The lowest BCUT2D eigenvalue weighted by molar-refractivity contribution is 0.200. The summed E-state index contributed by atoms with van der Waals surface area (Å²) in [6.45, 7) is 5.30. The van der Waals surface area contributed by atoms with Crippen molar-refractivity contribution in [3.63, 3.8) is 0 Å². The van der Waals surface area contributed by atoms with Gasteiger partial charge in [0, 0.05) is 24.8 Å². The SMILES string of the molecule is CC[C@@H](C)NS(=O)(=O)c1ccc(NC(=O)N2CCCCC2)cc1. The molecule has 7 heteroatoms. The summed E-state index contributed by atoms with van der Waals surface area (Å²) in [7, 11) is -3.51. The molecular formula is C16H25N3O3S. The smallest absolute Gasteiger partial charge is 0.321 e. The van der Waals surface area contributed by atoms with Gasteiger partial charge >= 0.3 is 6.03 Å². The minimum atomic E-state index is -3.51. The monoisotopic (exact) mass is 339 g/mol. The summed E-state index contributed by atoms with van der Waals surface area (Å²) < 4.78 is 27.0. The van der Waals surface area contributed by atoms with Crippen LogP contribution in [0.15, 0.2) is 29.2 Å². The first-order valence-corrected chi connectivity index (χ1v) is 9.59. The van der Waals surface area contributed by atoms with E-state index >= 15 is 0 Å². The average molecular weight is 339 g/mol. The molecule has 1 aliphatic rings. The number of rotatable bonds is 5. The third kappa shape index (κ3) is 4.94. The summed E-state index contributed by atoms with van der Waals surface area (Å²) >= 11 is 0. The fraction of sp³-hybridized carbons (Fsp3) is 0.562. The van der Waals surface area contributed by atoms with Crippen LogP contribution in [0.3, 0.4) is 0 Å². The van der Waals surface area contributed by atoms with Crippen molar-refractivity contribution in [2.24, 2.45) is 0 Å². The molecule has 1 fully saturated rings. The first-order valence-electron chi connectivity index (χ1n) is 8.10. The Morgan fingerprint density at radius 1 is 1.17 bits per heavy atom. The Hall–Kier alpha value is -1.60. The highest BCUT2D eigenvalue weighted by molar-refractivity contribution is 7.89. The summed E-state index contributed by atoms with van der Waals surface area (Å²) in [5, 5.41) is 2.81. The van der Waals surface area contributed by atoms with Gasteiger partial charge in [-0.3, -0.25) is 0 Å². The normalized spacial score (nSPS) is 16.9. The van der Waals surface area contributed by atoms with Crippen LogP contribution in [0.5, 0.6) is 0 Å². The number of sulfonamides is 1. The lowest BCUT2D eigenvalue weighted by Gasteiger charge is -2.26. The van der Waals surface area contributed by atoms with E-state index in [4.69, 9.17) is 0 Å². The molecule has 0 bridgehead atoms. The molecule has 1 aromatic rings. The third-order valence-electron chi connectivity index (χ3n) is 4.03. The number of benzene rings is 1. The van der Waals surface area contributed by atoms with Crippen molar-refractivity contribution in [3.8, 4) is 0 Å². The molecule has 0 unspecified atom stereocenters. The van der Waals surface area contributed by atoms with Gasteiger partial charge in [-0.05, 0) is 56.9 Å². The zero-order valence-electron chi connectivity index (χ0n) is 13.7. The number of hydrogen-bond acceptors (Lipinski definition) is 3. The molecule has 1 aliphatic heterocycles. The van der Waals surface area contributed by atoms with E-state index in [1.807, 2.05) is 13.8 Å². The van der Waals surface area contributed by atoms with Gasteiger partial charge in [0.2, 0.25) is 10.0 Å². The summed E-state index contributed by atoms with van der Waals surface area (Å²) in [6, 6.07) is 6.02. The van der Waals surface area contributed by atoms with Crippen molar-refractivity contribution in [2.45, 2.75) is 50.5 Å². The van der Waals surface area contributed by atoms with Crippen molar-refractivity contribution >= 4 is 21.7 Å². The minimum Gasteiger partial charge on any atom is -0.325 e. The number of nitrogens with zero attached hydrogens (tertiary/aromatic N) is 1. The first kappa shape index (κ1) is 17.7. The minimum absolute atomic E-state index is 0.113. The maximum absolute atomic E-state index is 12.2. The van der Waals surface area contributed by atoms with Crippen molar-refractivity contribution < 1.29 is 13.2 Å². The molecule has 6 nitrogen and oxygen atoms in total. The number of piperidine rings is 1. The standard InChI is InChI=1S/C16H25N3O3S/c1-3-13(2)18-23(21,22)15-9-7-14(8-10-15)17-16(20)19-11-5-4-6-12-19/h7-10,13,18H,3-6,11-12H2,1-2H3,(H,17,20)/t13-/m1/s1. The quantitative estimate of drug-likeness (QED) is 0.866. The van der Waals surface area contributed by atoms with Crippen LogP contribution in [0.4, 0.5) is 10.5 Å². The predicted octanol–water partition coefficient (Wildman–Crippen LogP) is 2.78. The number of hydrogen-bond donors (Lipinski definition) is 2. The molecule has 0 aromatic heterocycles. The number of amides is 2. The molecule has 128 valence electrons. The van der Waals surface area contributed by atoms with Crippen molar-refractivity contribution in [1.82, 2.24) is 9.62 Å². The number of carbonyl (C=O) groups is 1. The maximum atomic E-state index is 12.2. The fourth-order valence-electron chi connectivity index (χ4n) is 2.43. The molecule has 2 rings (SSSR count). The molecule has 2 amide bonds. The van der Waals surface area contributed by atoms with E-state index in [9.17, 15) is 13.2 Å². The maximum Gasteiger partial charge on any atom is 0.321 e. The molecule has 2 N–H and O–H groups in total. The molecule has 1 saturated heterocycles. The Morgan fingerprint density at radius 3 is 2.35 bits per heavy atom. The van der Waals surface area contributed by atoms with Crippen LogP contribution < -0.4 is 10.0 Å². The second kappa shape index (κ2) is 7.79.